The highest BCUT2D eigenvalue weighted by atomic mass is 16.5. The molecule has 2 fully saturated rings. The number of carbonyl (C=O) groups excluding carboxylic acids is 1. The fraction of sp³-hybridized carbons (Fsp3) is 0.650. The van der Waals surface area contributed by atoms with Gasteiger partial charge in [0, 0.05) is 31.6 Å². The Bertz CT molecular complexity index is 569. The lowest BCUT2D eigenvalue weighted by Gasteiger charge is -2.37. The maximum Gasteiger partial charge on any atom is 0.225 e. The average molecular weight is 330 g/mol. The van der Waals surface area contributed by atoms with Crippen LogP contribution in [-0.2, 0) is 11.3 Å². The maximum atomic E-state index is 12.2. The van der Waals surface area contributed by atoms with Gasteiger partial charge in [0.05, 0.1) is 6.10 Å². The molecule has 1 aromatic carbocycles. The van der Waals surface area contributed by atoms with Crippen molar-refractivity contribution in [1.29, 1.82) is 0 Å². The summed E-state index contributed by atoms with van der Waals surface area (Å²) in [6.45, 7) is 8.98. The molecule has 1 N–H and O–H groups in total. The standard InChI is InChI=1S/C20H30N2O2/c1-14(2)24-18-6-4-5-16(11-18)12-21-19-9-10-22(13-15(19)3)20(23)17-7-8-17/h4-6,11,14-15,17,19,21H,7-10,12-13H2,1-3H3/t15-,19-/m1/s1. The SMILES string of the molecule is CC(C)Oc1cccc(CN[C@@H]2CCN(C(=O)C3CC3)C[C@H]2C)c1. The summed E-state index contributed by atoms with van der Waals surface area (Å²) in [6, 6.07) is 8.78. The van der Waals surface area contributed by atoms with Crippen molar-refractivity contribution in [1.82, 2.24) is 10.2 Å². The quantitative estimate of drug-likeness (QED) is 0.871. The molecule has 1 amide bonds. The molecule has 24 heavy (non-hydrogen) atoms. The number of likely N-dealkylation sites (tertiary alicyclic amines) is 1. The van der Waals surface area contributed by atoms with Crippen molar-refractivity contribution in [3.63, 3.8) is 0 Å². The number of nitrogens with one attached hydrogen (secondary N) is 1. The first kappa shape index (κ1) is 17.3. The first-order valence-corrected chi connectivity index (χ1v) is 9.30. The van der Waals surface area contributed by atoms with Crippen LogP contribution < -0.4 is 10.1 Å². The maximum absolute atomic E-state index is 12.2. The Morgan fingerprint density at radius 1 is 1.33 bits per heavy atom. The van der Waals surface area contributed by atoms with Gasteiger partial charge >= 0.3 is 0 Å². The molecule has 2 atom stereocenters. The molecule has 2 aliphatic rings. The highest BCUT2D eigenvalue weighted by Crippen LogP contribution is 2.32. The molecular formula is C20H30N2O2. The molecule has 4 nitrogen and oxygen atoms in total. The van der Waals surface area contributed by atoms with Crippen LogP contribution in [-0.4, -0.2) is 36.0 Å². The molecule has 1 aliphatic heterocycles. The minimum Gasteiger partial charge on any atom is -0.491 e. The normalized spacial score (nSPS) is 24.2. The topological polar surface area (TPSA) is 41.6 Å². The van der Waals surface area contributed by atoms with Crippen molar-refractivity contribution in [2.75, 3.05) is 13.1 Å². The van der Waals surface area contributed by atoms with Crippen LogP contribution >= 0.6 is 0 Å². The number of hydrogen-bond acceptors (Lipinski definition) is 3. The van der Waals surface area contributed by atoms with Gasteiger partial charge in [-0.25, -0.2) is 0 Å². The first-order chi connectivity index (χ1) is 11.5. The van der Waals surface area contributed by atoms with Gasteiger partial charge in [0.1, 0.15) is 5.75 Å². The summed E-state index contributed by atoms with van der Waals surface area (Å²) < 4.78 is 5.76. The van der Waals surface area contributed by atoms with Gasteiger partial charge in [0.15, 0.2) is 0 Å². The van der Waals surface area contributed by atoms with Crippen LogP contribution in [0.1, 0.15) is 45.6 Å². The minimum atomic E-state index is 0.196. The van der Waals surface area contributed by atoms with E-state index in [-0.39, 0.29) is 6.10 Å². The zero-order chi connectivity index (χ0) is 17.1. The van der Waals surface area contributed by atoms with Gasteiger partial charge < -0.3 is 15.0 Å². The third kappa shape index (κ3) is 4.50. The van der Waals surface area contributed by atoms with Gasteiger partial charge in [-0.3, -0.25) is 4.79 Å². The fourth-order valence-electron chi connectivity index (χ4n) is 3.49. The molecule has 0 unspecified atom stereocenters. The number of piperidine rings is 1. The molecule has 132 valence electrons. The van der Waals surface area contributed by atoms with Crippen LogP contribution in [0, 0.1) is 11.8 Å². The summed E-state index contributed by atoms with van der Waals surface area (Å²) in [6.07, 6.45) is 3.43. The Morgan fingerprint density at radius 2 is 2.12 bits per heavy atom. The van der Waals surface area contributed by atoms with Gasteiger partial charge in [-0.1, -0.05) is 19.1 Å². The van der Waals surface area contributed by atoms with Crippen molar-refractivity contribution in [2.24, 2.45) is 11.8 Å². The van der Waals surface area contributed by atoms with Gasteiger partial charge in [-0.15, -0.1) is 0 Å². The van der Waals surface area contributed by atoms with Crippen molar-refractivity contribution >= 4 is 5.91 Å². The molecule has 1 saturated heterocycles. The van der Waals surface area contributed by atoms with Crippen LogP contribution in [0.5, 0.6) is 5.75 Å². The number of hydrogen-bond donors (Lipinski definition) is 1. The van der Waals surface area contributed by atoms with Crippen LogP contribution in [0.25, 0.3) is 0 Å². The van der Waals surface area contributed by atoms with E-state index in [0.29, 0.717) is 23.8 Å². The molecule has 1 aromatic rings. The monoisotopic (exact) mass is 330 g/mol. The lowest BCUT2D eigenvalue weighted by molar-refractivity contribution is -0.134. The Morgan fingerprint density at radius 3 is 2.79 bits per heavy atom. The summed E-state index contributed by atoms with van der Waals surface area (Å²) in [5, 5.41) is 3.68. The summed E-state index contributed by atoms with van der Waals surface area (Å²) in [7, 11) is 0. The molecule has 1 aliphatic carbocycles. The van der Waals surface area contributed by atoms with E-state index in [1.54, 1.807) is 0 Å². The zero-order valence-electron chi connectivity index (χ0n) is 15.1. The largest absolute Gasteiger partial charge is 0.491 e. The summed E-state index contributed by atoms with van der Waals surface area (Å²) in [5.41, 5.74) is 1.25. The van der Waals surface area contributed by atoms with Gasteiger partial charge in [-0.2, -0.15) is 0 Å². The zero-order valence-corrected chi connectivity index (χ0v) is 15.1. The molecule has 0 aromatic heterocycles. The second-order valence-electron chi connectivity index (χ2n) is 7.63. The second kappa shape index (κ2) is 7.56. The van der Waals surface area contributed by atoms with Crippen LogP contribution in [0.2, 0.25) is 0 Å². The Labute approximate surface area is 145 Å². The van der Waals surface area contributed by atoms with Crippen LogP contribution in [0.4, 0.5) is 0 Å². The molecule has 1 heterocycles. The Balaban J connectivity index is 1.49. The van der Waals surface area contributed by atoms with Gasteiger partial charge in [0.25, 0.3) is 0 Å². The predicted octanol–water partition coefficient (Wildman–Crippen LogP) is 3.21. The van der Waals surface area contributed by atoms with Gasteiger partial charge in [0.2, 0.25) is 5.91 Å². The van der Waals surface area contributed by atoms with Crippen molar-refractivity contribution in [3.05, 3.63) is 29.8 Å². The number of rotatable bonds is 6. The Hall–Kier alpha value is -1.55. The highest BCUT2D eigenvalue weighted by molar-refractivity contribution is 5.81. The average Bonchev–Trinajstić information content (AvgIpc) is 3.37. The summed E-state index contributed by atoms with van der Waals surface area (Å²) >= 11 is 0. The number of carbonyl (C=O) groups is 1. The fourth-order valence-corrected chi connectivity index (χ4v) is 3.49. The second-order valence-corrected chi connectivity index (χ2v) is 7.63. The third-order valence-corrected chi connectivity index (χ3v) is 4.98. The van der Waals surface area contributed by atoms with E-state index in [1.165, 1.54) is 5.56 Å². The van der Waals surface area contributed by atoms with Crippen molar-refractivity contribution in [2.45, 2.75) is 58.7 Å². The number of amides is 1. The Kier molecular flexibility index (Phi) is 5.44. The highest BCUT2D eigenvalue weighted by Gasteiger charge is 2.36. The van der Waals surface area contributed by atoms with Crippen LogP contribution in [0.3, 0.4) is 0 Å². The van der Waals surface area contributed by atoms with E-state index in [2.05, 4.69) is 35.3 Å². The third-order valence-electron chi connectivity index (χ3n) is 4.98. The van der Waals surface area contributed by atoms with E-state index in [1.807, 2.05) is 19.9 Å². The van der Waals surface area contributed by atoms with Gasteiger partial charge in [-0.05, 0) is 56.7 Å². The molecule has 0 radical (unpaired) electrons. The number of benzene rings is 1. The molecule has 0 bridgehead atoms. The van der Waals surface area contributed by atoms with E-state index in [0.717, 1.165) is 44.6 Å². The van der Waals surface area contributed by atoms with E-state index < -0.39 is 0 Å². The smallest absolute Gasteiger partial charge is 0.225 e. The molecular weight excluding hydrogens is 300 g/mol. The van der Waals surface area contributed by atoms with E-state index in [9.17, 15) is 4.79 Å². The first-order valence-electron chi connectivity index (χ1n) is 9.30. The van der Waals surface area contributed by atoms with Crippen molar-refractivity contribution < 1.29 is 9.53 Å². The summed E-state index contributed by atoms with van der Waals surface area (Å²) in [5.74, 6) is 2.16. The number of ether oxygens (including phenoxy) is 1. The molecule has 4 heteroatoms. The predicted molar refractivity (Wildman–Crippen MR) is 95.9 cm³/mol. The minimum absolute atomic E-state index is 0.196. The van der Waals surface area contributed by atoms with E-state index in [4.69, 9.17) is 4.74 Å². The molecule has 1 saturated carbocycles. The van der Waals surface area contributed by atoms with Crippen LogP contribution in [0.15, 0.2) is 24.3 Å². The van der Waals surface area contributed by atoms with E-state index >= 15 is 0 Å². The lowest BCUT2D eigenvalue weighted by Crippen LogP contribution is -2.50. The summed E-state index contributed by atoms with van der Waals surface area (Å²) in [4.78, 5) is 14.3. The number of nitrogens with zero attached hydrogens (tertiary/aromatic N) is 1. The van der Waals surface area contributed by atoms with Crippen molar-refractivity contribution in [3.8, 4) is 5.75 Å². The molecule has 3 rings (SSSR count). The lowest BCUT2D eigenvalue weighted by atomic mass is 9.93. The molecule has 0 spiro atoms.